The maximum absolute atomic E-state index is 13.6. The minimum absolute atomic E-state index is 0.125. The number of guanidine groups is 1. The van der Waals surface area contributed by atoms with Gasteiger partial charge in [0.1, 0.15) is 5.82 Å². The second-order valence-corrected chi connectivity index (χ2v) is 7.39. The lowest BCUT2D eigenvalue weighted by atomic mass is 10.1. The van der Waals surface area contributed by atoms with Crippen LogP contribution >= 0.6 is 11.8 Å². The molecule has 1 aliphatic heterocycles. The van der Waals surface area contributed by atoms with Crippen LogP contribution in [0.4, 0.5) is 4.39 Å². The Morgan fingerprint density at radius 1 is 1.38 bits per heavy atom. The van der Waals surface area contributed by atoms with E-state index < -0.39 is 0 Å². The Morgan fingerprint density at radius 2 is 2.23 bits per heavy atom. The van der Waals surface area contributed by atoms with Crippen molar-refractivity contribution in [3.8, 4) is 0 Å². The van der Waals surface area contributed by atoms with E-state index in [-0.39, 0.29) is 5.82 Å². The van der Waals surface area contributed by atoms with Crippen molar-refractivity contribution in [1.29, 1.82) is 0 Å². The fourth-order valence-corrected chi connectivity index (χ4v) is 3.76. The topological polar surface area (TPSA) is 46.1 Å². The van der Waals surface area contributed by atoms with Gasteiger partial charge in [-0.15, -0.1) is 0 Å². The first-order valence-corrected chi connectivity index (χ1v) is 10.2. The molecule has 1 atom stereocenters. The van der Waals surface area contributed by atoms with Crippen molar-refractivity contribution < 1.29 is 13.9 Å². The monoisotopic (exact) mass is 383 g/mol. The third-order valence-electron chi connectivity index (χ3n) is 4.33. The van der Waals surface area contributed by atoms with Crippen LogP contribution in [0.25, 0.3) is 0 Å². The Hall–Kier alpha value is -1.31. The lowest BCUT2D eigenvalue weighted by Crippen LogP contribution is -2.41. The normalized spacial score (nSPS) is 17.7. The molecule has 0 bridgehead atoms. The van der Waals surface area contributed by atoms with E-state index in [9.17, 15) is 4.39 Å². The fourth-order valence-electron chi connectivity index (χ4n) is 2.92. The Kier molecular flexibility index (Phi) is 9.81. The minimum Gasteiger partial charge on any atom is -0.382 e. The van der Waals surface area contributed by atoms with Crippen molar-refractivity contribution in [2.75, 3.05) is 59.4 Å². The molecule has 5 nitrogen and oxygen atoms in total. The molecule has 1 saturated heterocycles. The molecule has 0 amide bonds. The molecule has 2 rings (SSSR count). The van der Waals surface area contributed by atoms with E-state index >= 15 is 0 Å². The number of ether oxygens (including phenoxy) is 2. The van der Waals surface area contributed by atoms with Crippen molar-refractivity contribution in [2.24, 2.45) is 10.9 Å². The van der Waals surface area contributed by atoms with Crippen LogP contribution < -0.4 is 5.32 Å². The molecule has 1 heterocycles. The van der Waals surface area contributed by atoms with Gasteiger partial charge in [0.05, 0.1) is 19.8 Å². The summed E-state index contributed by atoms with van der Waals surface area (Å²) in [5.74, 6) is 2.96. The predicted octanol–water partition coefficient (Wildman–Crippen LogP) is 2.62. The van der Waals surface area contributed by atoms with Gasteiger partial charge in [0.2, 0.25) is 0 Å². The first-order valence-electron chi connectivity index (χ1n) is 9.08. The molecule has 0 radical (unpaired) electrons. The lowest BCUT2D eigenvalue weighted by molar-refractivity contribution is 0.0536. The zero-order chi connectivity index (χ0) is 18.6. The summed E-state index contributed by atoms with van der Waals surface area (Å²) >= 11 is 1.72. The number of halogens is 1. The number of nitrogens with zero attached hydrogens (tertiary/aromatic N) is 2. The van der Waals surface area contributed by atoms with E-state index in [1.54, 1.807) is 24.9 Å². The second-order valence-electron chi connectivity index (χ2n) is 6.29. The molecule has 146 valence electrons. The molecular weight excluding hydrogens is 353 g/mol. The number of aliphatic imine (C=N–C) groups is 1. The number of hydrogen-bond acceptors (Lipinski definition) is 4. The highest BCUT2D eigenvalue weighted by molar-refractivity contribution is 7.98. The Bertz CT molecular complexity index is 559. The number of rotatable bonds is 10. The average molecular weight is 384 g/mol. The first-order chi connectivity index (χ1) is 12.7. The van der Waals surface area contributed by atoms with Crippen LogP contribution in [0.5, 0.6) is 0 Å². The van der Waals surface area contributed by atoms with E-state index in [1.807, 2.05) is 19.2 Å². The summed E-state index contributed by atoms with van der Waals surface area (Å²) in [7, 11) is 3.50. The van der Waals surface area contributed by atoms with Gasteiger partial charge < -0.3 is 19.7 Å². The molecule has 0 spiro atoms. The van der Waals surface area contributed by atoms with Gasteiger partial charge >= 0.3 is 0 Å². The molecule has 1 N–H and O–H groups in total. The summed E-state index contributed by atoms with van der Waals surface area (Å²) in [5.41, 5.74) is 0.762. The van der Waals surface area contributed by atoms with Crippen LogP contribution in [-0.2, 0) is 15.2 Å². The highest BCUT2D eigenvalue weighted by Crippen LogP contribution is 2.17. The number of benzene rings is 1. The highest BCUT2D eigenvalue weighted by Gasteiger charge is 2.24. The zero-order valence-electron chi connectivity index (χ0n) is 15.7. The second kappa shape index (κ2) is 12.1. The first kappa shape index (κ1) is 21.0. The standard InChI is InChI=1S/C19H30FN3O2S/c1-21-19(23-9-7-16(13-23)14-25-11-10-24-2)22-8-12-26-15-17-5-3-4-6-18(17)20/h3-6,16H,7-15H2,1-2H3,(H,21,22). The SMILES string of the molecule is CN=C(NCCSCc1ccccc1F)N1CCC(COCCOC)C1. The number of methoxy groups -OCH3 is 1. The average Bonchev–Trinajstić information content (AvgIpc) is 3.12. The van der Waals surface area contributed by atoms with Gasteiger partial charge in [-0.05, 0) is 18.1 Å². The van der Waals surface area contributed by atoms with Gasteiger partial charge in [0.15, 0.2) is 5.96 Å². The largest absolute Gasteiger partial charge is 0.382 e. The Morgan fingerprint density at radius 3 is 3.00 bits per heavy atom. The lowest BCUT2D eigenvalue weighted by Gasteiger charge is -2.21. The van der Waals surface area contributed by atoms with Gasteiger partial charge in [-0.2, -0.15) is 11.8 Å². The maximum atomic E-state index is 13.6. The van der Waals surface area contributed by atoms with Gasteiger partial charge in [-0.25, -0.2) is 4.39 Å². The molecule has 0 saturated carbocycles. The summed E-state index contributed by atoms with van der Waals surface area (Å²) < 4.78 is 24.2. The molecule has 26 heavy (non-hydrogen) atoms. The minimum atomic E-state index is -0.125. The van der Waals surface area contributed by atoms with Crippen LogP contribution in [0, 0.1) is 11.7 Å². The molecule has 1 aromatic rings. The smallest absolute Gasteiger partial charge is 0.193 e. The highest BCUT2D eigenvalue weighted by atomic mass is 32.2. The predicted molar refractivity (Wildman–Crippen MR) is 106 cm³/mol. The van der Waals surface area contributed by atoms with Crippen LogP contribution in [0.3, 0.4) is 0 Å². The zero-order valence-corrected chi connectivity index (χ0v) is 16.6. The van der Waals surface area contributed by atoms with E-state index in [4.69, 9.17) is 9.47 Å². The molecule has 1 aromatic carbocycles. The fraction of sp³-hybridized carbons (Fsp3) is 0.632. The van der Waals surface area contributed by atoms with Gasteiger partial charge in [0.25, 0.3) is 0 Å². The van der Waals surface area contributed by atoms with Gasteiger partial charge in [-0.1, -0.05) is 18.2 Å². The Balaban J connectivity index is 1.61. The molecular formula is C19H30FN3O2S. The third-order valence-corrected chi connectivity index (χ3v) is 5.34. The molecule has 0 aromatic heterocycles. The number of nitrogens with one attached hydrogen (secondary N) is 1. The van der Waals surface area contributed by atoms with Gasteiger partial charge in [0, 0.05) is 51.2 Å². The summed E-state index contributed by atoms with van der Waals surface area (Å²) in [6.07, 6.45) is 1.12. The molecule has 7 heteroatoms. The van der Waals surface area contributed by atoms with Crippen LogP contribution in [0.15, 0.2) is 29.3 Å². The summed E-state index contributed by atoms with van der Waals surface area (Å²) in [4.78, 5) is 6.67. The quantitative estimate of drug-likeness (QED) is 0.382. The van der Waals surface area contributed by atoms with Crippen molar-refractivity contribution in [2.45, 2.75) is 12.2 Å². The molecule has 0 aliphatic carbocycles. The molecule has 1 fully saturated rings. The summed E-state index contributed by atoms with van der Waals surface area (Å²) in [6.45, 7) is 4.85. The number of hydrogen-bond donors (Lipinski definition) is 1. The summed E-state index contributed by atoms with van der Waals surface area (Å²) in [6, 6.07) is 6.95. The third kappa shape index (κ3) is 7.13. The van der Waals surface area contributed by atoms with Crippen molar-refractivity contribution in [1.82, 2.24) is 10.2 Å². The van der Waals surface area contributed by atoms with Crippen molar-refractivity contribution in [3.63, 3.8) is 0 Å². The van der Waals surface area contributed by atoms with Crippen molar-refractivity contribution >= 4 is 17.7 Å². The maximum Gasteiger partial charge on any atom is 0.193 e. The van der Waals surface area contributed by atoms with Crippen molar-refractivity contribution in [3.05, 3.63) is 35.6 Å². The molecule has 1 aliphatic rings. The van der Waals surface area contributed by atoms with E-state index in [1.165, 1.54) is 6.07 Å². The van der Waals surface area contributed by atoms with Crippen LogP contribution in [0.2, 0.25) is 0 Å². The number of thioether (sulfide) groups is 1. The van der Waals surface area contributed by atoms with E-state index in [0.29, 0.717) is 24.9 Å². The molecule has 1 unspecified atom stereocenters. The van der Waals surface area contributed by atoms with Gasteiger partial charge in [-0.3, -0.25) is 4.99 Å². The van der Waals surface area contributed by atoms with E-state index in [2.05, 4.69) is 15.2 Å². The van der Waals surface area contributed by atoms with Crippen LogP contribution in [-0.4, -0.2) is 70.2 Å². The van der Waals surface area contributed by atoms with E-state index in [0.717, 1.165) is 49.9 Å². The van der Waals surface area contributed by atoms with Crippen LogP contribution in [0.1, 0.15) is 12.0 Å². The summed E-state index contributed by atoms with van der Waals surface area (Å²) in [5, 5.41) is 3.41. The Labute approximate surface area is 160 Å². The number of likely N-dealkylation sites (tertiary alicyclic amines) is 1.